The average molecular weight is 413 g/mol. The predicted molar refractivity (Wildman–Crippen MR) is 115 cm³/mol. The van der Waals surface area contributed by atoms with Crippen molar-refractivity contribution in [3.63, 3.8) is 0 Å². The highest BCUT2D eigenvalue weighted by Crippen LogP contribution is 2.30. The Bertz CT molecular complexity index is 1020. The topological polar surface area (TPSA) is 81.4 Å². The molecule has 0 saturated heterocycles. The van der Waals surface area contributed by atoms with Gasteiger partial charge in [-0.25, -0.2) is 4.79 Å². The number of fused-ring (bicyclic) bond motifs is 1. The minimum absolute atomic E-state index is 0.0858. The van der Waals surface area contributed by atoms with Crippen molar-refractivity contribution in [1.29, 1.82) is 0 Å². The van der Waals surface area contributed by atoms with Gasteiger partial charge in [-0.2, -0.15) is 0 Å². The maximum Gasteiger partial charge on any atom is 0.344 e. The first kappa shape index (κ1) is 21.8. The van der Waals surface area contributed by atoms with Crippen molar-refractivity contribution in [3.8, 4) is 22.6 Å². The zero-order chi connectivity index (χ0) is 21.5. The van der Waals surface area contributed by atoms with Crippen molar-refractivity contribution in [1.82, 2.24) is 4.90 Å². The van der Waals surface area contributed by atoms with Gasteiger partial charge in [-0.1, -0.05) is 12.1 Å². The largest absolute Gasteiger partial charge is 0.507 e. The highest BCUT2D eigenvalue weighted by Gasteiger charge is 2.17. The van der Waals surface area contributed by atoms with Crippen LogP contribution in [0.4, 0.5) is 0 Å². The van der Waals surface area contributed by atoms with Crippen molar-refractivity contribution in [3.05, 3.63) is 58.4 Å². The standard InChI is InChI=1S/C23H27NO6/c1-27-12-10-24(11-13-28-2)15-20-21(25)9-6-17-14-19(23(26)30-22(17)20)16-4-7-18(29-3)8-5-16/h4-9,14,25H,10-13,15H2,1-3H3. The Kier molecular flexibility index (Phi) is 7.46. The molecule has 0 aliphatic carbocycles. The summed E-state index contributed by atoms with van der Waals surface area (Å²) < 4.78 is 21.2. The SMILES string of the molecule is COCCN(CCOC)Cc1c(O)ccc2cc(-c3ccc(OC)cc3)c(=O)oc12. The molecule has 0 bridgehead atoms. The Labute approximate surface area is 175 Å². The van der Waals surface area contributed by atoms with Gasteiger partial charge in [0.25, 0.3) is 0 Å². The van der Waals surface area contributed by atoms with Crippen molar-refractivity contribution in [2.24, 2.45) is 0 Å². The van der Waals surface area contributed by atoms with E-state index in [2.05, 4.69) is 4.90 Å². The quantitative estimate of drug-likeness (QED) is 0.511. The summed E-state index contributed by atoms with van der Waals surface area (Å²) in [6.07, 6.45) is 0. The van der Waals surface area contributed by atoms with Gasteiger partial charge in [0, 0.05) is 39.2 Å². The van der Waals surface area contributed by atoms with E-state index in [9.17, 15) is 9.90 Å². The van der Waals surface area contributed by atoms with Crippen LogP contribution >= 0.6 is 0 Å². The summed E-state index contributed by atoms with van der Waals surface area (Å²) in [5.74, 6) is 0.797. The fourth-order valence-corrected chi connectivity index (χ4v) is 3.29. The van der Waals surface area contributed by atoms with Crippen LogP contribution in [0.3, 0.4) is 0 Å². The highest BCUT2D eigenvalue weighted by molar-refractivity contribution is 5.85. The summed E-state index contributed by atoms with van der Waals surface area (Å²) in [5, 5.41) is 11.2. The molecule has 0 spiro atoms. The lowest BCUT2D eigenvalue weighted by Crippen LogP contribution is -2.30. The zero-order valence-corrected chi connectivity index (χ0v) is 17.5. The van der Waals surface area contributed by atoms with Crippen LogP contribution in [0.15, 0.2) is 51.7 Å². The van der Waals surface area contributed by atoms with E-state index in [0.717, 1.165) is 10.9 Å². The maximum atomic E-state index is 12.7. The van der Waals surface area contributed by atoms with Gasteiger partial charge >= 0.3 is 5.63 Å². The van der Waals surface area contributed by atoms with Gasteiger partial charge in [0.2, 0.25) is 0 Å². The van der Waals surface area contributed by atoms with Gasteiger partial charge in [-0.15, -0.1) is 0 Å². The Morgan fingerprint density at radius 1 is 0.967 bits per heavy atom. The molecule has 0 aliphatic heterocycles. The molecule has 7 nitrogen and oxygen atoms in total. The van der Waals surface area contributed by atoms with Gasteiger partial charge in [0.05, 0.1) is 31.5 Å². The first-order chi connectivity index (χ1) is 14.6. The van der Waals surface area contributed by atoms with Crippen LogP contribution in [0.25, 0.3) is 22.1 Å². The Morgan fingerprint density at radius 2 is 1.63 bits per heavy atom. The van der Waals surface area contributed by atoms with Crippen LogP contribution in [0.5, 0.6) is 11.5 Å². The van der Waals surface area contributed by atoms with Crippen molar-refractivity contribution in [2.75, 3.05) is 47.6 Å². The fraction of sp³-hybridized carbons (Fsp3) is 0.348. The monoisotopic (exact) mass is 413 g/mol. The molecule has 1 N–H and O–H groups in total. The number of hydrogen-bond donors (Lipinski definition) is 1. The van der Waals surface area contributed by atoms with E-state index in [-0.39, 0.29) is 5.75 Å². The molecule has 7 heteroatoms. The second-order valence-electron chi connectivity index (χ2n) is 6.92. The van der Waals surface area contributed by atoms with E-state index in [1.807, 2.05) is 12.1 Å². The Balaban J connectivity index is 2.00. The second-order valence-corrected chi connectivity index (χ2v) is 6.92. The van der Waals surface area contributed by atoms with Gasteiger partial charge < -0.3 is 23.7 Å². The number of methoxy groups -OCH3 is 3. The zero-order valence-electron chi connectivity index (χ0n) is 17.5. The summed E-state index contributed by atoms with van der Waals surface area (Å²) >= 11 is 0. The number of hydrogen-bond acceptors (Lipinski definition) is 7. The number of phenolic OH excluding ortho intramolecular Hbond substituents is 1. The highest BCUT2D eigenvalue weighted by atomic mass is 16.5. The molecular weight excluding hydrogens is 386 g/mol. The number of phenols is 1. The van der Waals surface area contributed by atoms with Gasteiger partial charge in [0.1, 0.15) is 17.1 Å². The molecule has 2 aromatic carbocycles. The van der Waals surface area contributed by atoms with Crippen molar-refractivity contribution in [2.45, 2.75) is 6.54 Å². The summed E-state index contributed by atoms with van der Waals surface area (Å²) in [4.78, 5) is 14.8. The van der Waals surface area contributed by atoms with Crippen LogP contribution in [0, 0.1) is 0 Å². The minimum Gasteiger partial charge on any atom is -0.507 e. The summed E-state index contributed by atoms with van der Waals surface area (Å²) in [6.45, 7) is 2.80. The molecule has 3 aromatic rings. The normalized spacial score (nSPS) is 11.3. The van der Waals surface area contributed by atoms with Gasteiger partial charge in [0.15, 0.2) is 0 Å². The number of rotatable bonds is 10. The van der Waals surface area contributed by atoms with Crippen LogP contribution in [-0.2, 0) is 16.0 Å². The predicted octanol–water partition coefficient (Wildman–Crippen LogP) is 3.27. The lowest BCUT2D eigenvalue weighted by atomic mass is 10.0. The first-order valence-electron chi connectivity index (χ1n) is 9.70. The van der Waals surface area contributed by atoms with Crippen molar-refractivity contribution < 1.29 is 23.7 Å². The van der Waals surface area contributed by atoms with Gasteiger partial charge in [-0.05, 0) is 35.9 Å². The lowest BCUT2D eigenvalue weighted by molar-refractivity contribution is 0.110. The van der Waals surface area contributed by atoms with Crippen LogP contribution in [0.1, 0.15) is 5.56 Å². The van der Waals surface area contributed by atoms with E-state index in [4.69, 9.17) is 18.6 Å². The third-order valence-electron chi connectivity index (χ3n) is 4.99. The van der Waals surface area contributed by atoms with Gasteiger partial charge in [-0.3, -0.25) is 4.90 Å². The van der Waals surface area contributed by atoms with Crippen LogP contribution in [-0.4, -0.2) is 57.6 Å². The second kappa shape index (κ2) is 10.2. The molecule has 1 heterocycles. The molecule has 0 aliphatic rings. The molecular formula is C23H27NO6. The molecule has 0 fully saturated rings. The molecule has 0 atom stereocenters. The van der Waals surface area contributed by atoms with E-state index in [0.29, 0.717) is 55.3 Å². The van der Waals surface area contributed by atoms with Crippen molar-refractivity contribution >= 4 is 11.0 Å². The summed E-state index contributed by atoms with van der Waals surface area (Å²) in [5.41, 5.74) is 1.69. The molecule has 0 unspecified atom stereocenters. The first-order valence-corrected chi connectivity index (χ1v) is 9.70. The number of benzene rings is 2. The Morgan fingerprint density at radius 3 is 2.23 bits per heavy atom. The average Bonchev–Trinajstić information content (AvgIpc) is 2.77. The van der Waals surface area contributed by atoms with E-state index in [1.54, 1.807) is 51.7 Å². The smallest absolute Gasteiger partial charge is 0.344 e. The molecule has 30 heavy (non-hydrogen) atoms. The number of aromatic hydroxyl groups is 1. The van der Waals surface area contributed by atoms with E-state index in [1.165, 1.54) is 0 Å². The molecule has 0 saturated carbocycles. The Hall–Kier alpha value is -2.87. The molecule has 160 valence electrons. The summed E-state index contributed by atoms with van der Waals surface area (Å²) in [7, 11) is 4.88. The number of ether oxygens (including phenoxy) is 3. The molecule has 0 amide bonds. The van der Waals surface area contributed by atoms with Crippen LogP contribution in [0.2, 0.25) is 0 Å². The minimum atomic E-state index is -0.458. The summed E-state index contributed by atoms with van der Waals surface area (Å²) in [6, 6.07) is 12.4. The molecule has 3 rings (SSSR count). The molecule has 1 aromatic heterocycles. The van der Waals surface area contributed by atoms with E-state index < -0.39 is 5.63 Å². The molecule has 0 radical (unpaired) electrons. The third-order valence-corrected chi connectivity index (χ3v) is 4.99. The fourth-order valence-electron chi connectivity index (χ4n) is 3.29. The van der Waals surface area contributed by atoms with E-state index >= 15 is 0 Å². The third kappa shape index (κ3) is 4.99. The number of nitrogens with zero attached hydrogens (tertiary/aromatic N) is 1. The maximum absolute atomic E-state index is 12.7. The lowest BCUT2D eigenvalue weighted by Gasteiger charge is -2.22. The van der Waals surface area contributed by atoms with Crippen LogP contribution < -0.4 is 10.4 Å².